The summed E-state index contributed by atoms with van der Waals surface area (Å²) < 4.78 is 5.11. The van der Waals surface area contributed by atoms with Gasteiger partial charge in [-0.15, -0.1) is 0 Å². The van der Waals surface area contributed by atoms with E-state index in [2.05, 4.69) is 18.7 Å². The lowest BCUT2D eigenvalue weighted by Gasteiger charge is -2.30. The van der Waals surface area contributed by atoms with Crippen molar-refractivity contribution in [2.45, 2.75) is 26.8 Å². The Morgan fingerprint density at radius 3 is 2.56 bits per heavy atom. The van der Waals surface area contributed by atoms with Gasteiger partial charge in [-0.2, -0.15) is 0 Å². The molecule has 0 aromatic heterocycles. The van der Waals surface area contributed by atoms with E-state index in [1.807, 2.05) is 13.0 Å². The van der Waals surface area contributed by atoms with Crippen molar-refractivity contribution in [1.29, 1.82) is 0 Å². The molecule has 1 N–H and O–H groups in total. The van der Waals surface area contributed by atoms with Gasteiger partial charge in [0.25, 0.3) is 0 Å². The van der Waals surface area contributed by atoms with Gasteiger partial charge in [0.1, 0.15) is 0 Å². The highest BCUT2D eigenvalue weighted by Gasteiger charge is 2.14. The number of hydrogen-bond acceptors (Lipinski definition) is 3. The number of carboxylic acids is 1. The molecule has 18 heavy (non-hydrogen) atoms. The maximum absolute atomic E-state index is 10.9. The molecule has 0 heterocycles. The van der Waals surface area contributed by atoms with E-state index >= 15 is 0 Å². The third-order valence-corrected chi connectivity index (χ3v) is 2.91. The summed E-state index contributed by atoms with van der Waals surface area (Å²) in [6, 6.07) is 5.57. The Hall–Kier alpha value is -1.55. The van der Waals surface area contributed by atoms with E-state index in [-0.39, 0.29) is 0 Å². The van der Waals surface area contributed by atoms with Gasteiger partial charge >= 0.3 is 5.97 Å². The summed E-state index contributed by atoms with van der Waals surface area (Å²) in [4.78, 5) is 13.1. The first-order valence-electron chi connectivity index (χ1n) is 6.07. The zero-order valence-electron chi connectivity index (χ0n) is 11.4. The molecule has 0 radical (unpaired) electrons. The van der Waals surface area contributed by atoms with Crippen LogP contribution in [0.2, 0.25) is 0 Å². The van der Waals surface area contributed by atoms with Crippen LogP contribution in [0.25, 0.3) is 0 Å². The van der Waals surface area contributed by atoms with E-state index in [9.17, 15) is 4.79 Å². The minimum absolute atomic E-state index is 0.326. The van der Waals surface area contributed by atoms with Gasteiger partial charge in [0.05, 0.1) is 12.2 Å². The van der Waals surface area contributed by atoms with Crippen molar-refractivity contribution in [2.24, 2.45) is 0 Å². The topological polar surface area (TPSA) is 49.8 Å². The fourth-order valence-corrected chi connectivity index (χ4v) is 1.96. The fraction of sp³-hybridized carbons (Fsp3) is 0.500. The average Bonchev–Trinajstić information content (AvgIpc) is 2.30. The van der Waals surface area contributed by atoms with Crippen molar-refractivity contribution in [2.75, 3.05) is 25.2 Å². The molecule has 100 valence electrons. The first-order chi connectivity index (χ1) is 8.47. The van der Waals surface area contributed by atoms with Crippen LogP contribution in [0.1, 0.15) is 29.8 Å². The molecule has 0 fully saturated rings. The third-order valence-electron chi connectivity index (χ3n) is 2.91. The summed E-state index contributed by atoms with van der Waals surface area (Å²) in [7, 11) is 1.68. The number of methoxy groups -OCH3 is 1. The maximum Gasteiger partial charge on any atom is 0.335 e. The van der Waals surface area contributed by atoms with Gasteiger partial charge in [0.2, 0.25) is 0 Å². The second-order valence-corrected chi connectivity index (χ2v) is 4.59. The Morgan fingerprint density at radius 2 is 2.11 bits per heavy atom. The fourth-order valence-electron chi connectivity index (χ4n) is 1.96. The predicted octanol–water partition coefficient (Wildman–Crippen LogP) is 2.55. The van der Waals surface area contributed by atoms with Gasteiger partial charge in [-0.3, -0.25) is 0 Å². The van der Waals surface area contributed by atoms with Crippen LogP contribution in [0.5, 0.6) is 0 Å². The summed E-state index contributed by atoms with van der Waals surface area (Å²) in [5, 5.41) is 8.96. The number of aryl methyl sites for hydroxylation is 1. The summed E-state index contributed by atoms with van der Waals surface area (Å²) in [5.74, 6) is -0.891. The van der Waals surface area contributed by atoms with Gasteiger partial charge < -0.3 is 14.7 Å². The number of ether oxygens (including phenoxy) is 1. The first-order valence-corrected chi connectivity index (χ1v) is 6.07. The number of hydrogen-bond donors (Lipinski definition) is 1. The number of nitrogens with zero attached hydrogens (tertiary/aromatic N) is 1. The van der Waals surface area contributed by atoms with Gasteiger partial charge in [-0.25, -0.2) is 4.79 Å². The van der Waals surface area contributed by atoms with Crippen molar-refractivity contribution in [3.63, 3.8) is 0 Å². The first kappa shape index (κ1) is 14.5. The number of carboxylic acid groups (broad SMARTS) is 1. The predicted molar refractivity (Wildman–Crippen MR) is 72.5 cm³/mol. The second-order valence-electron chi connectivity index (χ2n) is 4.59. The molecule has 0 saturated carbocycles. The molecule has 1 aromatic rings. The largest absolute Gasteiger partial charge is 0.478 e. The van der Waals surface area contributed by atoms with Crippen LogP contribution in [0.4, 0.5) is 5.69 Å². The molecular formula is C14H21NO3. The molecule has 0 aliphatic carbocycles. The third kappa shape index (κ3) is 3.47. The molecule has 0 aliphatic heterocycles. The van der Waals surface area contributed by atoms with Crippen molar-refractivity contribution in [3.8, 4) is 0 Å². The summed E-state index contributed by atoms with van der Waals surface area (Å²) >= 11 is 0. The van der Waals surface area contributed by atoms with E-state index < -0.39 is 5.97 Å². The van der Waals surface area contributed by atoms with Crippen LogP contribution in [0.3, 0.4) is 0 Å². The summed E-state index contributed by atoms with van der Waals surface area (Å²) in [5.41, 5.74) is 2.36. The highest BCUT2D eigenvalue weighted by molar-refractivity contribution is 5.88. The van der Waals surface area contributed by atoms with E-state index in [1.54, 1.807) is 19.2 Å². The van der Waals surface area contributed by atoms with E-state index in [4.69, 9.17) is 9.84 Å². The standard InChI is InChI=1S/C14H21NO3/c1-10(2)15(7-8-18-4)13-6-5-12(14(16)17)9-11(13)3/h5-6,9-10H,7-8H2,1-4H3,(H,16,17). The van der Waals surface area contributed by atoms with Gasteiger partial charge in [0, 0.05) is 25.4 Å². The number of benzene rings is 1. The number of aromatic carboxylic acids is 1. The molecule has 0 bridgehead atoms. The van der Waals surface area contributed by atoms with Crippen LogP contribution in [-0.4, -0.2) is 37.4 Å². The molecule has 0 unspecified atom stereocenters. The summed E-state index contributed by atoms with van der Waals surface area (Å²) in [6.07, 6.45) is 0. The summed E-state index contributed by atoms with van der Waals surface area (Å²) in [6.45, 7) is 7.60. The monoisotopic (exact) mass is 251 g/mol. The molecular weight excluding hydrogens is 230 g/mol. The number of rotatable bonds is 6. The van der Waals surface area contributed by atoms with E-state index in [1.165, 1.54) is 0 Å². The van der Waals surface area contributed by atoms with Gasteiger partial charge in [-0.05, 0) is 44.5 Å². The number of carbonyl (C=O) groups is 1. The lowest BCUT2D eigenvalue weighted by molar-refractivity contribution is 0.0697. The highest BCUT2D eigenvalue weighted by atomic mass is 16.5. The van der Waals surface area contributed by atoms with Crippen molar-refractivity contribution < 1.29 is 14.6 Å². The Labute approximate surface area is 108 Å². The molecule has 4 nitrogen and oxygen atoms in total. The SMILES string of the molecule is COCCN(c1ccc(C(=O)O)cc1C)C(C)C. The normalized spacial score (nSPS) is 10.7. The lowest BCUT2D eigenvalue weighted by Crippen LogP contribution is -2.34. The maximum atomic E-state index is 10.9. The Morgan fingerprint density at radius 1 is 1.44 bits per heavy atom. The van der Waals surface area contributed by atoms with E-state index in [0.29, 0.717) is 18.2 Å². The van der Waals surface area contributed by atoms with Crippen molar-refractivity contribution in [3.05, 3.63) is 29.3 Å². The van der Waals surface area contributed by atoms with Crippen molar-refractivity contribution in [1.82, 2.24) is 0 Å². The molecule has 0 saturated heterocycles. The molecule has 1 aromatic carbocycles. The zero-order chi connectivity index (χ0) is 13.7. The minimum Gasteiger partial charge on any atom is -0.478 e. The van der Waals surface area contributed by atoms with Crippen LogP contribution in [0, 0.1) is 6.92 Å². The van der Waals surface area contributed by atoms with Crippen LogP contribution in [-0.2, 0) is 4.74 Å². The van der Waals surface area contributed by atoms with Crippen LogP contribution in [0.15, 0.2) is 18.2 Å². The molecule has 0 atom stereocenters. The van der Waals surface area contributed by atoms with E-state index in [0.717, 1.165) is 17.8 Å². The lowest BCUT2D eigenvalue weighted by atomic mass is 10.1. The second kappa shape index (κ2) is 6.40. The zero-order valence-corrected chi connectivity index (χ0v) is 11.4. The highest BCUT2D eigenvalue weighted by Crippen LogP contribution is 2.23. The van der Waals surface area contributed by atoms with Gasteiger partial charge in [-0.1, -0.05) is 0 Å². The van der Waals surface area contributed by atoms with Crippen LogP contribution >= 0.6 is 0 Å². The molecule has 0 amide bonds. The molecule has 0 aliphatic rings. The Balaban J connectivity index is 3.01. The van der Waals surface area contributed by atoms with Crippen LogP contribution < -0.4 is 4.90 Å². The minimum atomic E-state index is -0.891. The quantitative estimate of drug-likeness (QED) is 0.844. The molecule has 1 rings (SSSR count). The molecule has 4 heteroatoms. The average molecular weight is 251 g/mol. The van der Waals surface area contributed by atoms with Gasteiger partial charge in [0.15, 0.2) is 0 Å². The Kier molecular flexibility index (Phi) is 5.16. The molecule has 0 spiro atoms. The number of anilines is 1. The van der Waals surface area contributed by atoms with Crippen molar-refractivity contribution >= 4 is 11.7 Å². The smallest absolute Gasteiger partial charge is 0.335 e. The Bertz CT molecular complexity index is 416.